The summed E-state index contributed by atoms with van der Waals surface area (Å²) in [7, 11) is 0. The smallest absolute Gasteiger partial charge is 0.423 e. The molecule has 0 spiro atoms. The predicted molar refractivity (Wildman–Crippen MR) is 81.8 cm³/mol. The number of ether oxygens (including phenoxy) is 1. The molecule has 7 heteroatoms. The van der Waals surface area contributed by atoms with Gasteiger partial charge in [-0.05, 0) is 30.2 Å². The van der Waals surface area contributed by atoms with Crippen LogP contribution in [0.25, 0.3) is 0 Å². The van der Waals surface area contributed by atoms with Gasteiger partial charge in [-0.1, -0.05) is 30.7 Å². The maximum atomic E-state index is 14.0. The summed E-state index contributed by atoms with van der Waals surface area (Å²) in [5, 5.41) is 0.421. The summed E-state index contributed by atoms with van der Waals surface area (Å²) in [6.45, 7) is 1.72. The molecule has 2 heterocycles. The Kier molecular flexibility index (Phi) is 3.93. The first-order chi connectivity index (χ1) is 10.9. The summed E-state index contributed by atoms with van der Waals surface area (Å²) in [6, 6.07) is 8.08. The molecule has 0 fully saturated rings. The predicted octanol–water partition coefficient (Wildman–Crippen LogP) is 3.82. The van der Waals surface area contributed by atoms with Gasteiger partial charge in [-0.15, -0.1) is 0 Å². The lowest BCUT2D eigenvalue weighted by molar-refractivity contribution is -0.193. The van der Waals surface area contributed by atoms with Crippen LogP contribution in [0.3, 0.4) is 0 Å². The average molecular weight is 339 g/mol. The number of hydrogen-bond acceptors (Lipinski definition) is 3. The molecule has 0 unspecified atom stereocenters. The van der Waals surface area contributed by atoms with Crippen molar-refractivity contribution in [1.82, 2.24) is 4.98 Å². The Morgan fingerprint density at radius 1 is 1.35 bits per heavy atom. The molecule has 2 aromatic rings. The van der Waals surface area contributed by atoms with Crippen LogP contribution in [0.2, 0.25) is 5.02 Å². The fourth-order valence-corrected chi connectivity index (χ4v) is 2.65. The largest absolute Gasteiger partial charge is 0.483 e. The summed E-state index contributed by atoms with van der Waals surface area (Å²) < 4.78 is 32.6. The maximum absolute atomic E-state index is 14.0. The van der Waals surface area contributed by atoms with Gasteiger partial charge in [-0.3, -0.25) is 14.7 Å². The highest BCUT2D eigenvalue weighted by atomic mass is 35.5. The van der Waals surface area contributed by atoms with Gasteiger partial charge in [-0.25, -0.2) is 0 Å². The first-order valence-electron chi connectivity index (χ1n) is 7.03. The number of hydrogen-bond donors (Lipinski definition) is 0. The quantitative estimate of drug-likeness (QED) is 0.854. The van der Waals surface area contributed by atoms with Gasteiger partial charge in [0.25, 0.3) is 0 Å². The summed E-state index contributed by atoms with van der Waals surface area (Å²) in [5.41, 5.74) is 1.33. The van der Waals surface area contributed by atoms with E-state index in [1.54, 1.807) is 24.3 Å². The molecule has 4 nitrogen and oxygen atoms in total. The number of alkyl halides is 2. The Hall–Kier alpha value is -2.21. The Labute approximate surface area is 136 Å². The number of aryl methyl sites for hydroxylation is 1. The molecule has 0 atom stereocenters. The van der Waals surface area contributed by atoms with Gasteiger partial charge in [-0.2, -0.15) is 8.78 Å². The number of carbonyl (C=O) groups is 1. The van der Waals surface area contributed by atoms with E-state index in [1.165, 1.54) is 12.3 Å². The number of anilines is 1. The Morgan fingerprint density at radius 2 is 2.13 bits per heavy atom. The van der Waals surface area contributed by atoms with Crippen molar-refractivity contribution in [2.75, 3.05) is 4.90 Å². The van der Waals surface area contributed by atoms with Crippen molar-refractivity contribution in [2.24, 2.45) is 0 Å². The lowest BCUT2D eigenvalue weighted by atomic mass is 10.1. The van der Waals surface area contributed by atoms with Gasteiger partial charge >= 0.3 is 12.0 Å². The highest BCUT2D eigenvalue weighted by Gasteiger charge is 2.51. The van der Waals surface area contributed by atoms with Crippen LogP contribution in [0.5, 0.6) is 5.75 Å². The van der Waals surface area contributed by atoms with Gasteiger partial charge in [0.05, 0.1) is 17.9 Å². The molecule has 3 rings (SSSR count). The number of para-hydroxylation sites is 1. The van der Waals surface area contributed by atoms with Crippen LogP contribution in [-0.2, 0) is 17.8 Å². The van der Waals surface area contributed by atoms with Crippen LogP contribution in [0, 0.1) is 0 Å². The zero-order chi connectivity index (χ0) is 16.6. The van der Waals surface area contributed by atoms with E-state index >= 15 is 0 Å². The van der Waals surface area contributed by atoms with Crippen LogP contribution >= 0.6 is 11.6 Å². The van der Waals surface area contributed by atoms with E-state index in [0.29, 0.717) is 28.4 Å². The number of rotatable bonds is 3. The van der Waals surface area contributed by atoms with E-state index in [9.17, 15) is 13.6 Å². The van der Waals surface area contributed by atoms with Crippen molar-refractivity contribution in [3.8, 4) is 5.75 Å². The lowest BCUT2D eigenvalue weighted by Gasteiger charge is -2.34. The zero-order valence-electron chi connectivity index (χ0n) is 12.2. The van der Waals surface area contributed by atoms with E-state index in [0.717, 1.165) is 4.90 Å². The molecule has 0 saturated carbocycles. The van der Waals surface area contributed by atoms with Crippen LogP contribution < -0.4 is 9.64 Å². The third kappa shape index (κ3) is 2.86. The van der Waals surface area contributed by atoms with Gasteiger partial charge in [0.2, 0.25) is 0 Å². The number of aromatic nitrogens is 1. The molecule has 1 aliphatic heterocycles. The van der Waals surface area contributed by atoms with E-state index in [-0.39, 0.29) is 12.3 Å². The first-order valence-corrected chi connectivity index (χ1v) is 7.41. The van der Waals surface area contributed by atoms with Crippen LogP contribution in [0.4, 0.5) is 14.5 Å². The standard InChI is InChI=1S/C16H13ClF2N2O2/c1-2-10-4-3-5-13-14(10)23-16(18,19)15(22)21(13)9-12-8-11(17)6-7-20-12/h3-8H,2,9H2,1H3. The Morgan fingerprint density at radius 3 is 2.83 bits per heavy atom. The summed E-state index contributed by atoms with van der Waals surface area (Å²) in [4.78, 5) is 17.1. The monoisotopic (exact) mass is 338 g/mol. The number of halogens is 3. The molecule has 0 bridgehead atoms. The van der Waals surface area contributed by atoms with Crippen molar-refractivity contribution in [3.63, 3.8) is 0 Å². The van der Waals surface area contributed by atoms with E-state index in [1.807, 2.05) is 6.92 Å². The van der Waals surface area contributed by atoms with Crippen molar-refractivity contribution in [3.05, 3.63) is 52.8 Å². The fraction of sp³-hybridized carbons (Fsp3) is 0.250. The number of fused-ring (bicyclic) bond motifs is 1. The summed E-state index contributed by atoms with van der Waals surface area (Å²) in [5.74, 6) is -1.39. The molecule has 1 amide bonds. The third-order valence-electron chi connectivity index (χ3n) is 3.57. The van der Waals surface area contributed by atoms with Gasteiger partial charge < -0.3 is 4.74 Å². The molecule has 0 saturated heterocycles. The summed E-state index contributed by atoms with van der Waals surface area (Å²) in [6.07, 6.45) is -1.93. The molecule has 1 aromatic carbocycles. The lowest BCUT2D eigenvalue weighted by Crippen LogP contribution is -2.50. The SMILES string of the molecule is CCc1cccc2c1OC(F)(F)C(=O)N2Cc1cc(Cl)ccn1. The van der Waals surface area contributed by atoms with Crippen LogP contribution in [-0.4, -0.2) is 17.0 Å². The third-order valence-corrected chi connectivity index (χ3v) is 3.81. The van der Waals surface area contributed by atoms with Gasteiger partial charge in [0.15, 0.2) is 5.75 Å². The van der Waals surface area contributed by atoms with E-state index in [2.05, 4.69) is 9.72 Å². The molecule has 120 valence electrons. The molecule has 0 N–H and O–H groups in total. The highest BCUT2D eigenvalue weighted by molar-refractivity contribution is 6.30. The number of nitrogens with zero attached hydrogens (tertiary/aromatic N) is 2. The second-order valence-electron chi connectivity index (χ2n) is 5.09. The minimum atomic E-state index is -3.91. The van der Waals surface area contributed by atoms with E-state index < -0.39 is 12.0 Å². The minimum absolute atomic E-state index is 0.0293. The second kappa shape index (κ2) is 5.77. The molecule has 1 aromatic heterocycles. The van der Waals surface area contributed by atoms with Gasteiger partial charge in [0.1, 0.15) is 0 Å². The van der Waals surface area contributed by atoms with Crippen molar-refractivity contribution >= 4 is 23.2 Å². The average Bonchev–Trinajstić information content (AvgIpc) is 2.51. The molecule has 23 heavy (non-hydrogen) atoms. The van der Waals surface area contributed by atoms with Crippen molar-refractivity contribution < 1.29 is 18.3 Å². The molecule has 0 aliphatic carbocycles. The number of benzene rings is 1. The molecular weight excluding hydrogens is 326 g/mol. The topological polar surface area (TPSA) is 42.4 Å². The highest BCUT2D eigenvalue weighted by Crippen LogP contribution is 2.42. The molecular formula is C16H13ClF2N2O2. The Bertz CT molecular complexity index is 767. The van der Waals surface area contributed by atoms with Crippen LogP contribution in [0.1, 0.15) is 18.2 Å². The molecule has 0 radical (unpaired) electrons. The Balaban J connectivity index is 2.07. The van der Waals surface area contributed by atoms with Crippen LogP contribution in [0.15, 0.2) is 36.5 Å². The van der Waals surface area contributed by atoms with Crippen molar-refractivity contribution in [1.29, 1.82) is 0 Å². The number of amides is 1. The van der Waals surface area contributed by atoms with Crippen molar-refractivity contribution in [2.45, 2.75) is 26.0 Å². The van der Waals surface area contributed by atoms with Gasteiger partial charge in [0, 0.05) is 11.2 Å². The molecule has 1 aliphatic rings. The number of carbonyl (C=O) groups excluding carboxylic acids is 1. The first kappa shape index (κ1) is 15.7. The minimum Gasteiger partial charge on any atom is -0.423 e. The fourth-order valence-electron chi connectivity index (χ4n) is 2.47. The zero-order valence-corrected chi connectivity index (χ0v) is 13.0. The summed E-state index contributed by atoms with van der Waals surface area (Å²) >= 11 is 5.89. The second-order valence-corrected chi connectivity index (χ2v) is 5.53. The normalized spacial score (nSPS) is 16.0. The number of pyridine rings is 1. The maximum Gasteiger partial charge on any atom is 0.483 e. The van der Waals surface area contributed by atoms with E-state index in [4.69, 9.17) is 11.6 Å².